The van der Waals surface area contributed by atoms with Crippen LogP contribution >= 0.6 is 0 Å². The van der Waals surface area contributed by atoms with Crippen molar-refractivity contribution in [1.29, 1.82) is 0 Å². The summed E-state index contributed by atoms with van der Waals surface area (Å²) < 4.78 is 1.56. The molecule has 0 fully saturated rings. The fraction of sp³-hybridized carbons (Fsp3) is 0.227. The normalized spacial score (nSPS) is 11.1. The molecule has 2 amide bonds. The van der Waals surface area contributed by atoms with Crippen LogP contribution in [0.25, 0.3) is 0 Å². The molecule has 6 nitrogen and oxygen atoms in total. The lowest BCUT2D eigenvalue weighted by Gasteiger charge is -2.24. The van der Waals surface area contributed by atoms with Gasteiger partial charge < -0.3 is 10.6 Å². The van der Waals surface area contributed by atoms with Gasteiger partial charge in [-0.25, -0.2) is 0 Å². The van der Waals surface area contributed by atoms with Gasteiger partial charge >= 0.3 is 0 Å². The summed E-state index contributed by atoms with van der Waals surface area (Å²) in [5, 5.41) is 10.0. The van der Waals surface area contributed by atoms with Crippen LogP contribution in [0.3, 0.4) is 0 Å². The predicted molar refractivity (Wildman–Crippen MR) is 109 cm³/mol. The molecule has 1 heterocycles. The highest BCUT2D eigenvalue weighted by atomic mass is 16.2. The molecule has 2 N–H and O–H groups in total. The first-order valence-electron chi connectivity index (χ1n) is 9.16. The molecule has 6 heteroatoms. The quantitative estimate of drug-likeness (QED) is 0.665. The summed E-state index contributed by atoms with van der Waals surface area (Å²) in [5.41, 5.74) is 1.64. The molecule has 0 saturated heterocycles. The van der Waals surface area contributed by atoms with E-state index in [1.807, 2.05) is 60.7 Å². The zero-order valence-electron chi connectivity index (χ0n) is 16.1. The number of aromatic nitrogens is 2. The van der Waals surface area contributed by atoms with Crippen molar-refractivity contribution in [3.63, 3.8) is 0 Å². The third-order valence-corrected chi connectivity index (χ3v) is 4.50. The maximum absolute atomic E-state index is 12.7. The number of hydrogen-bond acceptors (Lipinski definition) is 3. The molecule has 0 aliphatic rings. The van der Waals surface area contributed by atoms with E-state index in [2.05, 4.69) is 15.7 Å². The maximum Gasteiger partial charge on any atom is 0.247 e. The SMILES string of the molecule is CC(C)(C(=O)NCc1ccccc1)n1cc(NC(=O)Cc2ccccc2)cn1. The minimum Gasteiger partial charge on any atom is -0.350 e. The lowest BCUT2D eigenvalue weighted by atomic mass is 10.0. The number of anilines is 1. The minimum absolute atomic E-state index is 0.128. The highest BCUT2D eigenvalue weighted by Crippen LogP contribution is 2.18. The molecule has 0 atom stereocenters. The summed E-state index contributed by atoms with van der Waals surface area (Å²) in [7, 11) is 0. The first kappa shape index (κ1) is 19.4. The molecule has 3 aromatic rings. The van der Waals surface area contributed by atoms with E-state index in [-0.39, 0.29) is 18.2 Å². The van der Waals surface area contributed by atoms with Crippen molar-refractivity contribution in [1.82, 2.24) is 15.1 Å². The summed E-state index contributed by atoms with van der Waals surface area (Å²) in [5.74, 6) is -0.279. The van der Waals surface area contributed by atoms with Crippen LogP contribution in [0.2, 0.25) is 0 Å². The molecule has 0 aliphatic heterocycles. The number of rotatable bonds is 7. The molecular formula is C22H24N4O2. The average molecular weight is 376 g/mol. The molecule has 0 aliphatic carbocycles. The summed E-state index contributed by atoms with van der Waals surface area (Å²) >= 11 is 0. The third-order valence-electron chi connectivity index (χ3n) is 4.50. The Labute approximate surface area is 164 Å². The Kier molecular flexibility index (Phi) is 5.89. The molecule has 1 aromatic heterocycles. The number of nitrogens with one attached hydrogen (secondary N) is 2. The van der Waals surface area contributed by atoms with Crippen LogP contribution in [0.15, 0.2) is 73.1 Å². The van der Waals surface area contributed by atoms with E-state index in [1.54, 1.807) is 30.9 Å². The zero-order chi connectivity index (χ0) is 20.0. The van der Waals surface area contributed by atoms with Gasteiger partial charge in [-0.2, -0.15) is 5.10 Å². The van der Waals surface area contributed by atoms with Crippen molar-refractivity contribution in [2.45, 2.75) is 32.4 Å². The van der Waals surface area contributed by atoms with Crippen molar-refractivity contribution in [3.8, 4) is 0 Å². The van der Waals surface area contributed by atoms with Gasteiger partial charge in [-0.15, -0.1) is 0 Å². The molecular weight excluding hydrogens is 352 g/mol. The largest absolute Gasteiger partial charge is 0.350 e. The molecule has 0 spiro atoms. The Morgan fingerprint density at radius 2 is 1.57 bits per heavy atom. The topological polar surface area (TPSA) is 76.0 Å². The van der Waals surface area contributed by atoms with Gasteiger partial charge in [0.1, 0.15) is 5.54 Å². The summed E-state index contributed by atoms with van der Waals surface area (Å²) in [6, 6.07) is 19.3. The third kappa shape index (κ3) is 4.85. The van der Waals surface area contributed by atoms with Gasteiger partial charge in [0.15, 0.2) is 0 Å². The highest BCUT2D eigenvalue weighted by molar-refractivity contribution is 5.92. The molecule has 2 aromatic carbocycles. The first-order chi connectivity index (χ1) is 13.4. The van der Waals surface area contributed by atoms with Crippen LogP contribution in [0.4, 0.5) is 5.69 Å². The van der Waals surface area contributed by atoms with E-state index < -0.39 is 5.54 Å². The fourth-order valence-corrected chi connectivity index (χ4v) is 2.78. The Morgan fingerprint density at radius 3 is 2.21 bits per heavy atom. The fourth-order valence-electron chi connectivity index (χ4n) is 2.78. The van der Waals surface area contributed by atoms with Crippen molar-refractivity contribution >= 4 is 17.5 Å². The van der Waals surface area contributed by atoms with Gasteiger partial charge in [-0.3, -0.25) is 14.3 Å². The zero-order valence-corrected chi connectivity index (χ0v) is 16.1. The molecule has 0 unspecified atom stereocenters. The van der Waals surface area contributed by atoms with Gasteiger partial charge in [0.2, 0.25) is 11.8 Å². The number of hydrogen-bond donors (Lipinski definition) is 2. The summed E-state index contributed by atoms with van der Waals surface area (Å²) in [6.45, 7) is 4.02. The smallest absolute Gasteiger partial charge is 0.247 e. The second kappa shape index (κ2) is 8.52. The minimum atomic E-state index is -0.892. The molecule has 28 heavy (non-hydrogen) atoms. The van der Waals surface area contributed by atoms with Crippen molar-refractivity contribution in [2.75, 3.05) is 5.32 Å². The number of carbonyl (C=O) groups is 2. The van der Waals surface area contributed by atoms with Crippen LogP contribution < -0.4 is 10.6 Å². The summed E-state index contributed by atoms with van der Waals surface area (Å²) in [6.07, 6.45) is 3.51. The van der Waals surface area contributed by atoms with Gasteiger partial charge in [-0.1, -0.05) is 60.7 Å². The second-order valence-electron chi connectivity index (χ2n) is 7.11. The van der Waals surface area contributed by atoms with Crippen LogP contribution in [0.1, 0.15) is 25.0 Å². The molecule has 0 bridgehead atoms. The van der Waals surface area contributed by atoms with Crippen LogP contribution in [-0.2, 0) is 28.1 Å². The first-order valence-corrected chi connectivity index (χ1v) is 9.16. The number of nitrogens with zero attached hydrogens (tertiary/aromatic N) is 2. The van der Waals surface area contributed by atoms with E-state index in [0.29, 0.717) is 12.2 Å². The Morgan fingerprint density at radius 1 is 0.964 bits per heavy atom. The Hall–Kier alpha value is -3.41. The Bertz CT molecular complexity index is 933. The monoisotopic (exact) mass is 376 g/mol. The average Bonchev–Trinajstić information content (AvgIpc) is 3.16. The highest BCUT2D eigenvalue weighted by Gasteiger charge is 2.30. The van der Waals surface area contributed by atoms with Crippen molar-refractivity contribution in [2.24, 2.45) is 0 Å². The van der Waals surface area contributed by atoms with Crippen LogP contribution in [0.5, 0.6) is 0 Å². The van der Waals surface area contributed by atoms with E-state index in [9.17, 15) is 9.59 Å². The van der Waals surface area contributed by atoms with E-state index >= 15 is 0 Å². The lowest BCUT2D eigenvalue weighted by Crippen LogP contribution is -2.44. The van der Waals surface area contributed by atoms with Gasteiger partial charge in [0.05, 0.1) is 18.3 Å². The number of carbonyl (C=O) groups excluding carboxylic acids is 2. The number of amides is 2. The van der Waals surface area contributed by atoms with Crippen molar-refractivity contribution < 1.29 is 9.59 Å². The van der Waals surface area contributed by atoms with Crippen LogP contribution in [-0.4, -0.2) is 21.6 Å². The molecule has 144 valence electrons. The van der Waals surface area contributed by atoms with E-state index in [0.717, 1.165) is 11.1 Å². The Balaban J connectivity index is 1.59. The molecule has 3 rings (SSSR count). The van der Waals surface area contributed by atoms with Gasteiger partial charge in [-0.05, 0) is 25.0 Å². The predicted octanol–water partition coefficient (Wildman–Crippen LogP) is 3.12. The van der Waals surface area contributed by atoms with Crippen LogP contribution in [0, 0.1) is 0 Å². The maximum atomic E-state index is 12.7. The van der Waals surface area contributed by atoms with Crippen molar-refractivity contribution in [3.05, 3.63) is 84.2 Å². The summed E-state index contributed by atoms with van der Waals surface area (Å²) in [4.78, 5) is 24.9. The molecule has 0 saturated carbocycles. The standard InChI is InChI=1S/C22H24N4O2/c1-22(2,21(28)23-14-18-11-7-4-8-12-18)26-16-19(15-24-26)25-20(27)13-17-9-5-3-6-10-17/h3-12,15-16H,13-14H2,1-2H3,(H,23,28)(H,25,27). The van der Waals surface area contributed by atoms with Gasteiger partial charge in [0, 0.05) is 12.7 Å². The second-order valence-corrected chi connectivity index (χ2v) is 7.11. The lowest BCUT2D eigenvalue weighted by molar-refractivity contribution is -0.129. The molecule has 0 radical (unpaired) electrons. The number of benzene rings is 2. The van der Waals surface area contributed by atoms with E-state index in [1.165, 1.54) is 0 Å². The van der Waals surface area contributed by atoms with E-state index in [4.69, 9.17) is 0 Å². The van der Waals surface area contributed by atoms with Gasteiger partial charge in [0.25, 0.3) is 0 Å².